The number of halogens is 2. The number of amides is 5. The highest BCUT2D eigenvalue weighted by molar-refractivity contribution is 6.08. The van der Waals surface area contributed by atoms with Gasteiger partial charge in [-0.3, -0.25) is 29.3 Å². The average molecular weight is 973 g/mol. The molecule has 4 atom stereocenters. The van der Waals surface area contributed by atoms with E-state index < -0.39 is 40.5 Å². The number of hydrogen-bond donors (Lipinski definition) is 4. The van der Waals surface area contributed by atoms with Crippen LogP contribution in [0.25, 0.3) is 10.9 Å². The van der Waals surface area contributed by atoms with Gasteiger partial charge < -0.3 is 30.7 Å². The van der Waals surface area contributed by atoms with Crippen LogP contribution in [-0.2, 0) is 32.4 Å². The number of aryl methyl sites for hydroxylation is 1. The van der Waals surface area contributed by atoms with Gasteiger partial charge in [0.25, 0.3) is 0 Å². The maximum Gasteiger partial charge on any atom is 0.329 e. The van der Waals surface area contributed by atoms with Crippen molar-refractivity contribution in [2.24, 2.45) is 36.5 Å². The summed E-state index contributed by atoms with van der Waals surface area (Å²) in [4.78, 5) is 54.9. The predicted octanol–water partition coefficient (Wildman–Crippen LogP) is 7.77. The van der Waals surface area contributed by atoms with Crippen LogP contribution in [-0.4, -0.2) is 90.4 Å². The standard InChI is InChI=1S/C55H66F2N8O6/c1-31-42(56)28-45-47(54(31,3)48-41(50(58)67)17-18-44(70-5)49(48)57)32(2)55(71-45,37-9-7-6-8-10-37)30-59-38-14-11-35(12-15-38)52(68)60-39-25-33(26-39)29-64-22-19-34(20-23-64)36-13-16-40-43(27-36)63(4)62-51(40)65-24-21-46(66)61-53(65)69/h6-10,13,16-18,27-28,32-35,38-39,47,59H,11-12,14-15,19-26,29-30H2,1-5H3,(H2,58,67)(H,60,68)(H,61,66,69)/t32-,33?,35?,38?,39?,47?,54?,55-/m0/s1. The molecular formula is C55H66F2N8O6. The fourth-order valence-corrected chi connectivity index (χ4v) is 13.1. The normalized spacial score (nSPS) is 29.3. The lowest BCUT2D eigenvalue weighted by Gasteiger charge is -2.43. The average Bonchev–Trinajstić information content (AvgIpc) is 3.84. The van der Waals surface area contributed by atoms with Crippen LogP contribution in [0.1, 0.15) is 112 Å². The number of urea groups is 1. The summed E-state index contributed by atoms with van der Waals surface area (Å²) in [5.41, 5.74) is 6.92. The van der Waals surface area contributed by atoms with Crippen molar-refractivity contribution in [2.75, 3.05) is 44.7 Å². The number of allylic oxidation sites excluding steroid dienone is 4. The fraction of sp³-hybridized carbons (Fsp3) is 0.509. The fourth-order valence-electron chi connectivity index (χ4n) is 13.1. The monoisotopic (exact) mass is 973 g/mol. The Bertz CT molecular complexity index is 2810. The second-order valence-corrected chi connectivity index (χ2v) is 21.2. The van der Waals surface area contributed by atoms with Crippen LogP contribution < -0.4 is 31.3 Å². The van der Waals surface area contributed by atoms with Crippen molar-refractivity contribution in [3.8, 4) is 5.75 Å². The smallest absolute Gasteiger partial charge is 0.329 e. The maximum atomic E-state index is 16.5. The van der Waals surface area contributed by atoms with Gasteiger partial charge in [-0.15, -0.1) is 0 Å². The molecule has 16 heteroatoms. The summed E-state index contributed by atoms with van der Waals surface area (Å²) in [6.45, 7) is 9.27. The number of piperidine rings is 1. The molecule has 1 aromatic heterocycles. The minimum absolute atomic E-state index is 0.00730. The minimum Gasteiger partial charge on any atom is -0.494 e. The van der Waals surface area contributed by atoms with Gasteiger partial charge in [0.05, 0.1) is 12.6 Å². The van der Waals surface area contributed by atoms with Crippen molar-refractivity contribution in [3.63, 3.8) is 0 Å². The number of primary amides is 1. The van der Waals surface area contributed by atoms with Gasteiger partial charge in [-0.05, 0) is 124 Å². The highest BCUT2D eigenvalue weighted by Gasteiger charge is 2.61. The number of nitrogens with zero attached hydrogens (tertiary/aromatic N) is 4. The Balaban J connectivity index is 0.714. The van der Waals surface area contributed by atoms with E-state index in [1.165, 1.54) is 30.9 Å². The van der Waals surface area contributed by atoms with Gasteiger partial charge in [-0.2, -0.15) is 5.10 Å². The van der Waals surface area contributed by atoms with Crippen LogP contribution in [0.5, 0.6) is 5.75 Å². The number of imide groups is 1. The molecule has 0 spiro atoms. The number of likely N-dealkylation sites (tertiary alicyclic amines) is 1. The second kappa shape index (κ2) is 19.1. The molecule has 10 rings (SSSR count). The molecule has 2 saturated carbocycles. The third kappa shape index (κ3) is 8.68. The van der Waals surface area contributed by atoms with E-state index in [-0.39, 0.29) is 64.6 Å². The van der Waals surface area contributed by atoms with Gasteiger partial charge >= 0.3 is 6.03 Å². The van der Waals surface area contributed by atoms with Crippen LogP contribution in [0, 0.1) is 29.5 Å². The van der Waals surface area contributed by atoms with E-state index in [0.717, 1.165) is 87.5 Å². The summed E-state index contributed by atoms with van der Waals surface area (Å²) in [5.74, 6) is -1.28. The molecule has 71 heavy (non-hydrogen) atoms. The van der Waals surface area contributed by atoms with E-state index in [4.69, 9.17) is 15.2 Å². The second-order valence-electron chi connectivity index (χ2n) is 21.2. The van der Waals surface area contributed by atoms with E-state index >= 15 is 8.78 Å². The van der Waals surface area contributed by atoms with Crippen molar-refractivity contribution in [2.45, 2.75) is 108 Å². The molecule has 0 radical (unpaired) electrons. The summed E-state index contributed by atoms with van der Waals surface area (Å²) in [5, 5.41) is 15.1. The summed E-state index contributed by atoms with van der Waals surface area (Å²) >= 11 is 0. The molecule has 5 amide bonds. The Morgan fingerprint density at radius 2 is 1.70 bits per heavy atom. The molecule has 3 saturated heterocycles. The van der Waals surface area contributed by atoms with Crippen molar-refractivity contribution < 1.29 is 37.4 Å². The van der Waals surface area contributed by atoms with Crippen LogP contribution in [0.2, 0.25) is 0 Å². The van der Waals surface area contributed by atoms with Gasteiger partial charge in [0.15, 0.2) is 17.4 Å². The zero-order valence-electron chi connectivity index (χ0n) is 41.4. The SMILES string of the molecule is COc1ccc(C(N)=O)c(C2(C)C(C)=C(F)C=C3O[C@](CNC4CCC(C(=O)NC5CC(CN6CCC(c7ccc8c(N9CCC(=O)NC9=O)nn(C)c8c7)CC6)C5)CC4)(c4ccccc4)[C@@H](C)C32)c1F. The summed E-state index contributed by atoms with van der Waals surface area (Å²) in [6, 6.07) is 19.0. The van der Waals surface area contributed by atoms with Crippen molar-refractivity contribution in [1.29, 1.82) is 0 Å². The van der Waals surface area contributed by atoms with Crippen LogP contribution in [0.4, 0.5) is 19.4 Å². The Labute approximate surface area is 413 Å². The predicted molar refractivity (Wildman–Crippen MR) is 266 cm³/mol. The van der Waals surface area contributed by atoms with Crippen LogP contribution >= 0.6 is 0 Å². The Morgan fingerprint density at radius 1 is 0.972 bits per heavy atom. The molecule has 3 aromatic carbocycles. The third-order valence-electron chi connectivity index (χ3n) is 17.3. The number of nitrogens with two attached hydrogens (primary N) is 1. The van der Waals surface area contributed by atoms with Crippen LogP contribution in [0.15, 0.2) is 83.9 Å². The minimum atomic E-state index is -1.36. The van der Waals surface area contributed by atoms with Crippen molar-refractivity contribution >= 4 is 40.5 Å². The summed E-state index contributed by atoms with van der Waals surface area (Å²) < 4.78 is 46.9. The quantitative estimate of drug-likeness (QED) is 0.105. The van der Waals surface area contributed by atoms with Crippen molar-refractivity contribution in [3.05, 3.63) is 112 Å². The molecule has 376 valence electrons. The maximum absolute atomic E-state index is 16.5. The van der Waals surface area contributed by atoms with E-state index in [1.807, 2.05) is 42.1 Å². The molecule has 4 aromatic rings. The topological polar surface area (TPSA) is 173 Å². The van der Waals surface area contributed by atoms with Gasteiger partial charge in [0, 0.05) is 90.9 Å². The number of benzene rings is 3. The molecule has 3 aliphatic carbocycles. The Kier molecular flexibility index (Phi) is 13.1. The number of rotatable bonds is 13. The molecule has 3 aliphatic heterocycles. The first-order chi connectivity index (χ1) is 34.1. The Morgan fingerprint density at radius 3 is 2.39 bits per heavy atom. The van der Waals surface area contributed by atoms with E-state index in [2.05, 4.69) is 51.1 Å². The molecule has 2 unspecified atom stereocenters. The molecule has 4 heterocycles. The molecule has 0 bridgehead atoms. The van der Waals surface area contributed by atoms with Crippen molar-refractivity contribution in [1.82, 2.24) is 30.6 Å². The highest BCUT2D eigenvalue weighted by Crippen LogP contribution is 2.61. The summed E-state index contributed by atoms with van der Waals surface area (Å²) in [6.07, 6.45) is 8.95. The molecule has 14 nitrogen and oxygen atoms in total. The molecular weight excluding hydrogens is 907 g/mol. The number of carbonyl (C=O) groups is 4. The lowest BCUT2D eigenvalue weighted by atomic mass is 9.58. The zero-order chi connectivity index (χ0) is 49.9. The number of carbonyl (C=O) groups excluding carboxylic acids is 4. The zero-order valence-corrected chi connectivity index (χ0v) is 41.4. The van der Waals surface area contributed by atoms with Gasteiger partial charge in [-0.25, -0.2) is 13.6 Å². The number of fused-ring (bicyclic) bond motifs is 2. The Hall–Kier alpha value is -6.13. The number of aromatic nitrogens is 2. The van der Waals surface area contributed by atoms with Gasteiger partial charge in [-0.1, -0.05) is 50.2 Å². The number of hydrogen-bond acceptors (Lipinski definition) is 9. The number of ether oxygens (including phenoxy) is 2. The van der Waals surface area contributed by atoms with Gasteiger partial charge in [0.2, 0.25) is 17.7 Å². The highest BCUT2D eigenvalue weighted by atomic mass is 19.1. The van der Waals surface area contributed by atoms with E-state index in [1.54, 1.807) is 18.7 Å². The molecule has 5 fully saturated rings. The largest absolute Gasteiger partial charge is 0.494 e. The van der Waals surface area contributed by atoms with E-state index in [0.29, 0.717) is 36.5 Å². The number of nitrogens with one attached hydrogen (secondary N) is 3. The first-order valence-corrected chi connectivity index (χ1v) is 25.4. The third-order valence-corrected chi connectivity index (χ3v) is 17.3. The lowest BCUT2D eigenvalue weighted by molar-refractivity contribution is -0.127. The number of anilines is 1. The summed E-state index contributed by atoms with van der Waals surface area (Å²) in [7, 11) is 3.24. The molecule has 6 aliphatic rings. The van der Waals surface area contributed by atoms with Crippen LogP contribution in [0.3, 0.4) is 0 Å². The first-order valence-electron chi connectivity index (χ1n) is 25.4. The van der Waals surface area contributed by atoms with E-state index in [9.17, 15) is 19.2 Å². The van der Waals surface area contributed by atoms with Gasteiger partial charge in [0.1, 0.15) is 17.2 Å². The first kappa shape index (κ1) is 48.5. The molecule has 5 N–H and O–H groups in total. The number of methoxy groups -OCH3 is 1. The lowest BCUT2D eigenvalue weighted by Crippen LogP contribution is -2.51.